The van der Waals surface area contributed by atoms with Crippen LogP contribution < -0.4 is 10.6 Å². The van der Waals surface area contributed by atoms with E-state index in [-0.39, 0.29) is 17.4 Å². The van der Waals surface area contributed by atoms with Crippen LogP contribution in [0.25, 0.3) is 0 Å². The highest BCUT2D eigenvalue weighted by Crippen LogP contribution is 2.62. The van der Waals surface area contributed by atoms with Crippen LogP contribution in [0.15, 0.2) is 24.3 Å². The summed E-state index contributed by atoms with van der Waals surface area (Å²) < 4.78 is 0. The van der Waals surface area contributed by atoms with Crippen LogP contribution in [0, 0.1) is 5.92 Å². The van der Waals surface area contributed by atoms with Crippen molar-refractivity contribution in [2.75, 3.05) is 0 Å². The Labute approximate surface area is 173 Å². The van der Waals surface area contributed by atoms with E-state index in [1.807, 2.05) is 0 Å². The second-order valence-corrected chi connectivity index (χ2v) is 13.8. The van der Waals surface area contributed by atoms with Gasteiger partial charge in [0.25, 0.3) is 0 Å². The zero-order valence-corrected chi connectivity index (χ0v) is 19.8. The average Bonchev–Trinajstić information content (AvgIpc) is 3.11. The number of benzene rings is 1. The van der Waals surface area contributed by atoms with Gasteiger partial charge in [-0.3, -0.25) is 0 Å². The van der Waals surface area contributed by atoms with Crippen molar-refractivity contribution in [2.24, 2.45) is 5.92 Å². The van der Waals surface area contributed by atoms with Gasteiger partial charge < -0.3 is 15.3 Å². The first-order valence-electron chi connectivity index (χ1n) is 11.1. The first-order chi connectivity index (χ1) is 13.4. The molecule has 3 rings (SSSR count). The Kier molecular flexibility index (Phi) is 7.60. The van der Waals surface area contributed by atoms with E-state index in [0.29, 0.717) is 17.2 Å². The van der Waals surface area contributed by atoms with E-state index in [0.717, 1.165) is 25.7 Å². The molecule has 5 heteroatoms. The van der Waals surface area contributed by atoms with Crippen LogP contribution in [-0.2, 0) is 0 Å². The van der Waals surface area contributed by atoms with Crippen LogP contribution in [0.4, 0.5) is 0 Å². The number of hydrogen-bond donors (Lipinski definition) is 3. The summed E-state index contributed by atoms with van der Waals surface area (Å²) in [6, 6.07) is 8.85. The van der Waals surface area contributed by atoms with Gasteiger partial charge in [-0.2, -0.15) is 0 Å². The normalized spacial score (nSPS) is 43.6. The first-order valence-corrected chi connectivity index (χ1v) is 14.1. The molecule has 2 heterocycles. The minimum Gasteiger partial charge on any atom is -0.392 e. The second-order valence-electron chi connectivity index (χ2n) is 8.54. The van der Waals surface area contributed by atoms with Gasteiger partial charge >= 0.3 is 0 Å². The van der Waals surface area contributed by atoms with Gasteiger partial charge in [-0.05, 0) is 47.9 Å². The van der Waals surface area contributed by atoms with Gasteiger partial charge in [0.15, 0.2) is 0 Å². The van der Waals surface area contributed by atoms with Gasteiger partial charge in [0.1, 0.15) is 0 Å². The fourth-order valence-electron chi connectivity index (χ4n) is 5.77. The molecule has 2 fully saturated rings. The average molecular weight is 425 g/mol. The Morgan fingerprint density at radius 3 is 1.39 bits per heavy atom. The monoisotopic (exact) mass is 424 g/mol. The van der Waals surface area contributed by atoms with Gasteiger partial charge in [0, 0.05) is 17.0 Å². The topological polar surface area (TPSA) is 60.7 Å². The van der Waals surface area contributed by atoms with Crippen LogP contribution in [0.1, 0.15) is 60.3 Å². The summed E-state index contributed by atoms with van der Waals surface area (Å²) in [6.07, 6.45) is 2.48. The Morgan fingerprint density at radius 1 is 0.643 bits per heavy atom. The largest absolute Gasteiger partial charge is 0.392 e. The maximum absolute atomic E-state index is 11.0. The van der Waals surface area contributed by atoms with Gasteiger partial charge in [0.05, 0.1) is 18.3 Å². The molecular formula is C23H38O3P2. The lowest BCUT2D eigenvalue weighted by Gasteiger charge is -2.33. The quantitative estimate of drug-likeness (QED) is 0.610. The molecule has 2 aliphatic rings. The van der Waals surface area contributed by atoms with Crippen molar-refractivity contribution in [1.82, 2.24) is 0 Å². The van der Waals surface area contributed by atoms with E-state index in [4.69, 9.17) is 0 Å². The number of aliphatic hydroxyl groups is 3. The van der Waals surface area contributed by atoms with Crippen LogP contribution in [0.3, 0.4) is 0 Å². The lowest BCUT2D eigenvalue weighted by molar-refractivity contribution is 0.0272. The Hall–Kier alpha value is -0.0400. The first kappa shape index (κ1) is 22.6. The fraction of sp³-hybridized carbons (Fsp3) is 0.739. The van der Waals surface area contributed by atoms with Crippen molar-refractivity contribution in [3.8, 4) is 0 Å². The summed E-state index contributed by atoms with van der Waals surface area (Å²) in [4.78, 5) is 0. The molecule has 9 atom stereocenters. The maximum atomic E-state index is 11.0. The minimum absolute atomic E-state index is 0.163. The van der Waals surface area contributed by atoms with E-state index in [1.54, 1.807) is 0 Å². The molecule has 0 amide bonds. The van der Waals surface area contributed by atoms with E-state index < -0.39 is 28.1 Å². The van der Waals surface area contributed by atoms with Gasteiger partial charge in [-0.1, -0.05) is 74.7 Å². The van der Waals surface area contributed by atoms with E-state index in [1.165, 1.54) is 10.6 Å². The van der Waals surface area contributed by atoms with Crippen molar-refractivity contribution in [3.05, 3.63) is 24.3 Å². The zero-order chi connectivity index (χ0) is 20.6. The number of rotatable bonds is 6. The SMILES string of the molecule is CC[C@H]1[C@@H](C)[C@H](O)[C@H](CC)P1c1ccccc1P1[C@@H](CC)[C@@H](O)[C@H](O)[C@@H]1CC. The fourth-order valence-corrected chi connectivity index (χ4v) is 13.9. The molecule has 28 heavy (non-hydrogen) atoms. The van der Waals surface area contributed by atoms with Crippen LogP contribution in [-0.4, -0.2) is 56.3 Å². The predicted molar refractivity (Wildman–Crippen MR) is 123 cm³/mol. The molecular weight excluding hydrogens is 386 g/mol. The lowest BCUT2D eigenvalue weighted by atomic mass is 9.96. The summed E-state index contributed by atoms with van der Waals surface area (Å²) >= 11 is 0. The molecule has 0 bridgehead atoms. The molecule has 2 aliphatic heterocycles. The lowest BCUT2D eigenvalue weighted by Crippen LogP contribution is -2.32. The molecule has 1 aromatic carbocycles. The molecule has 2 saturated heterocycles. The van der Waals surface area contributed by atoms with Crippen LogP contribution in [0.2, 0.25) is 0 Å². The third-order valence-corrected chi connectivity index (χ3v) is 15.0. The molecule has 3 nitrogen and oxygen atoms in total. The molecule has 158 valence electrons. The van der Waals surface area contributed by atoms with Crippen molar-refractivity contribution >= 4 is 26.5 Å². The van der Waals surface area contributed by atoms with Crippen molar-refractivity contribution in [3.63, 3.8) is 0 Å². The highest BCUT2D eigenvalue weighted by atomic mass is 31.1. The van der Waals surface area contributed by atoms with Gasteiger partial charge in [-0.25, -0.2) is 0 Å². The minimum atomic E-state index is -0.625. The van der Waals surface area contributed by atoms with Gasteiger partial charge in [0.2, 0.25) is 0 Å². The summed E-state index contributed by atoms with van der Waals surface area (Å²) in [6.45, 7) is 11.0. The number of hydrogen-bond acceptors (Lipinski definition) is 3. The Balaban J connectivity index is 2.10. The summed E-state index contributed by atoms with van der Waals surface area (Å²) in [5, 5.41) is 35.3. The third kappa shape index (κ3) is 3.61. The number of aliphatic hydroxyl groups excluding tert-OH is 3. The standard InChI is InChI=1S/C23H38O3P2/c1-6-15-14(5)21(24)16(7-2)27(15)19-12-10-11-13-20(19)28-17(8-3)22(25)23(26)18(28)9-4/h10-18,21-26H,6-9H2,1-5H3/t14-,15+,16+,17+,18+,21+,22-,23-,27?/m1/s1. The molecule has 0 spiro atoms. The van der Waals surface area contributed by atoms with Crippen molar-refractivity contribution in [2.45, 2.75) is 101 Å². The van der Waals surface area contributed by atoms with Crippen molar-refractivity contribution in [1.29, 1.82) is 0 Å². The molecule has 0 radical (unpaired) electrons. The van der Waals surface area contributed by atoms with E-state index in [9.17, 15) is 15.3 Å². The predicted octanol–water partition coefficient (Wildman–Crippen LogP) is 3.76. The Morgan fingerprint density at radius 2 is 1.00 bits per heavy atom. The third-order valence-electron chi connectivity index (χ3n) is 7.22. The smallest absolute Gasteiger partial charge is 0.0875 e. The van der Waals surface area contributed by atoms with Crippen LogP contribution >= 0.6 is 15.8 Å². The van der Waals surface area contributed by atoms with Crippen molar-refractivity contribution < 1.29 is 15.3 Å². The van der Waals surface area contributed by atoms with E-state index >= 15 is 0 Å². The molecule has 0 aliphatic carbocycles. The van der Waals surface area contributed by atoms with E-state index in [2.05, 4.69) is 58.9 Å². The van der Waals surface area contributed by atoms with Gasteiger partial charge in [-0.15, -0.1) is 0 Å². The molecule has 1 aromatic rings. The Bertz CT molecular complexity index is 567. The van der Waals surface area contributed by atoms with Crippen LogP contribution in [0.5, 0.6) is 0 Å². The highest BCUT2D eigenvalue weighted by Gasteiger charge is 2.51. The summed E-state index contributed by atoms with van der Waals surface area (Å²) in [5.41, 5.74) is 1.22. The molecule has 1 unspecified atom stereocenters. The second kappa shape index (κ2) is 9.40. The molecule has 0 saturated carbocycles. The highest BCUT2D eigenvalue weighted by molar-refractivity contribution is 7.73. The zero-order valence-electron chi connectivity index (χ0n) is 18.0. The molecule has 3 N–H and O–H groups in total. The molecule has 0 aromatic heterocycles. The summed E-state index contributed by atoms with van der Waals surface area (Å²) in [7, 11) is -1.08. The summed E-state index contributed by atoms with van der Waals surface area (Å²) in [5.74, 6) is 0.339. The maximum Gasteiger partial charge on any atom is 0.0875 e.